The van der Waals surface area contributed by atoms with Crippen molar-refractivity contribution >= 4 is 16.9 Å². The maximum atomic E-state index is 11.6. The third-order valence-corrected chi connectivity index (χ3v) is 3.10. The second-order valence-corrected chi connectivity index (χ2v) is 4.52. The van der Waals surface area contributed by atoms with E-state index >= 15 is 0 Å². The Morgan fingerprint density at radius 1 is 1.42 bits per heavy atom. The van der Waals surface area contributed by atoms with Crippen LogP contribution in [0, 0.1) is 0 Å². The third-order valence-electron chi connectivity index (χ3n) is 3.10. The van der Waals surface area contributed by atoms with Crippen LogP contribution in [0.1, 0.15) is 25.7 Å². The average Bonchev–Trinajstić information content (AvgIpc) is 2.77. The highest BCUT2D eigenvalue weighted by molar-refractivity contribution is 5.79. The average molecular weight is 260 g/mol. The van der Waals surface area contributed by atoms with Crippen molar-refractivity contribution in [1.82, 2.24) is 20.2 Å². The molecule has 2 rings (SSSR count). The predicted molar refractivity (Wildman–Crippen MR) is 75.9 cm³/mol. The zero-order chi connectivity index (χ0) is 13.8. The molecule has 0 aliphatic carbocycles. The van der Waals surface area contributed by atoms with Gasteiger partial charge in [-0.2, -0.15) is 0 Å². The van der Waals surface area contributed by atoms with Crippen LogP contribution in [0.2, 0.25) is 0 Å². The quantitative estimate of drug-likeness (QED) is 0.855. The van der Waals surface area contributed by atoms with Gasteiger partial charge in [0.1, 0.15) is 5.82 Å². The van der Waals surface area contributed by atoms with E-state index in [0.717, 1.165) is 23.4 Å². The number of amides is 1. The van der Waals surface area contributed by atoms with E-state index in [9.17, 15) is 4.79 Å². The van der Waals surface area contributed by atoms with Gasteiger partial charge in [0, 0.05) is 6.54 Å². The number of hydrogen-bond donors (Lipinski definition) is 2. The van der Waals surface area contributed by atoms with Gasteiger partial charge in [0.05, 0.1) is 23.6 Å². The summed E-state index contributed by atoms with van der Waals surface area (Å²) in [6.45, 7) is 5.19. The summed E-state index contributed by atoms with van der Waals surface area (Å²) in [6, 6.07) is 7.92. The Morgan fingerprint density at radius 3 is 2.84 bits per heavy atom. The number of nitrogens with one attached hydrogen (secondary N) is 2. The molecule has 19 heavy (non-hydrogen) atoms. The maximum absolute atomic E-state index is 11.6. The van der Waals surface area contributed by atoms with Crippen molar-refractivity contribution in [3.05, 3.63) is 30.1 Å². The highest BCUT2D eigenvalue weighted by Crippen LogP contribution is 2.20. The summed E-state index contributed by atoms with van der Waals surface area (Å²) in [6.07, 6.45) is 0. The van der Waals surface area contributed by atoms with E-state index in [4.69, 9.17) is 0 Å². The molecule has 0 radical (unpaired) electrons. The van der Waals surface area contributed by atoms with Gasteiger partial charge in [0.2, 0.25) is 5.91 Å². The van der Waals surface area contributed by atoms with Crippen LogP contribution in [-0.2, 0) is 11.3 Å². The lowest BCUT2D eigenvalue weighted by Crippen LogP contribution is -2.35. The number of likely N-dealkylation sites (N-methyl/N-ethyl adjacent to an activating group) is 1. The Bertz CT molecular complexity index is 576. The number of benzene rings is 1. The molecule has 5 nitrogen and oxygen atoms in total. The number of rotatable bonds is 5. The molecule has 2 N–H and O–H groups in total. The summed E-state index contributed by atoms with van der Waals surface area (Å²) in [5.41, 5.74) is 2.07. The zero-order valence-electron chi connectivity index (χ0n) is 11.6. The minimum Gasteiger partial charge on any atom is -0.345 e. The van der Waals surface area contributed by atoms with Gasteiger partial charge in [-0.3, -0.25) is 4.79 Å². The second kappa shape index (κ2) is 5.84. The minimum atomic E-state index is -0.104. The first-order valence-electron chi connectivity index (χ1n) is 6.56. The van der Waals surface area contributed by atoms with E-state index in [2.05, 4.69) is 33.2 Å². The Balaban J connectivity index is 2.30. The fourth-order valence-corrected chi connectivity index (χ4v) is 2.27. The van der Waals surface area contributed by atoms with Crippen molar-refractivity contribution in [2.75, 3.05) is 13.6 Å². The molecule has 0 saturated carbocycles. The van der Waals surface area contributed by atoms with Gasteiger partial charge in [-0.15, -0.1) is 0 Å². The van der Waals surface area contributed by atoms with Gasteiger partial charge in [0.15, 0.2) is 0 Å². The number of aryl methyl sites for hydroxylation is 1. The molecule has 1 atom stereocenters. The van der Waals surface area contributed by atoms with Crippen LogP contribution in [0.25, 0.3) is 11.0 Å². The fourth-order valence-electron chi connectivity index (χ4n) is 2.27. The molecule has 0 saturated heterocycles. The number of nitrogens with zero attached hydrogens (tertiary/aromatic N) is 2. The van der Waals surface area contributed by atoms with E-state index in [1.54, 1.807) is 7.05 Å². The number of hydrogen-bond acceptors (Lipinski definition) is 3. The Morgan fingerprint density at radius 2 is 2.16 bits per heavy atom. The topological polar surface area (TPSA) is 59.0 Å². The number of fused-ring (bicyclic) bond motifs is 1. The third kappa shape index (κ3) is 2.76. The molecule has 1 unspecified atom stereocenters. The number of aromatic nitrogens is 2. The molecule has 2 aromatic rings. The molecule has 5 heteroatoms. The van der Waals surface area contributed by atoms with Crippen LogP contribution in [0.5, 0.6) is 0 Å². The van der Waals surface area contributed by atoms with E-state index in [-0.39, 0.29) is 11.9 Å². The van der Waals surface area contributed by atoms with Crippen molar-refractivity contribution in [2.24, 2.45) is 0 Å². The van der Waals surface area contributed by atoms with Crippen LogP contribution in [0.3, 0.4) is 0 Å². The van der Waals surface area contributed by atoms with Crippen molar-refractivity contribution in [2.45, 2.75) is 26.4 Å². The van der Waals surface area contributed by atoms with Gasteiger partial charge in [-0.1, -0.05) is 12.1 Å². The first-order valence-corrected chi connectivity index (χ1v) is 6.56. The molecule has 0 aliphatic heterocycles. The Hall–Kier alpha value is -1.88. The number of para-hydroxylation sites is 2. The lowest BCUT2D eigenvalue weighted by atomic mass is 10.3. The van der Waals surface area contributed by atoms with Crippen LogP contribution >= 0.6 is 0 Å². The Kier molecular flexibility index (Phi) is 4.16. The normalized spacial score (nSPS) is 12.6. The first kappa shape index (κ1) is 13.5. The monoisotopic (exact) mass is 260 g/mol. The molecule has 0 bridgehead atoms. The van der Waals surface area contributed by atoms with E-state index in [1.165, 1.54) is 0 Å². The van der Waals surface area contributed by atoms with Crippen LogP contribution in [0.4, 0.5) is 0 Å². The molecule has 0 aliphatic rings. The largest absolute Gasteiger partial charge is 0.345 e. The van der Waals surface area contributed by atoms with E-state index in [0.29, 0.717) is 6.54 Å². The van der Waals surface area contributed by atoms with Gasteiger partial charge in [0.25, 0.3) is 0 Å². The summed E-state index contributed by atoms with van der Waals surface area (Å²) in [5, 5.41) is 5.79. The highest BCUT2D eigenvalue weighted by atomic mass is 16.1. The molecule has 0 spiro atoms. The van der Waals surface area contributed by atoms with Crippen LogP contribution in [0.15, 0.2) is 24.3 Å². The SMILES string of the molecule is CCn1c(C(C)NC(=O)CNC)nc2ccccc21. The summed E-state index contributed by atoms with van der Waals surface area (Å²) in [5.74, 6) is 0.873. The molecular weight excluding hydrogens is 240 g/mol. The highest BCUT2D eigenvalue weighted by Gasteiger charge is 2.16. The second-order valence-electron chi connectivity index (χ2n) is 4.52. The van der Waals surface area contributed by atoms with Crippen LogP contribution in [-0.4, -0.2) is 29.1 Å². The predicted octanol–water partition coefficient (Wildman–Crippen LogP) is 1.45. The number of imidazole rings is 1. The molecule has 1 amide bonds. The van der Waals surface area contributed by atoms with Crippen molar-refractivity contribution < 1.29 is 4.79 Å². The van der Waals surface area contributed by atoms with Crippen LogP contribution < -0.4 is 10.6 Å². The number of carbonyl (C=O) groups is 1. The van der Waals surface area contributed by atoms with Gasteiger partial charge < -0.3 is 15.2 Å². The van der Waals surface area contributed by atoms with E-state index in [1.807, 2.05) is 25.1 Å². The lowest BCUT2D eigenvalue weighted by Gasteiger charge is -2.15. The smallest absolute Gasteiger partial charge is 0.234 e. The maximum Gasteiger partial charge on any atom is 0.234 e. The molecule has 102 valence electrons. The summed E-state index contributed by atoms with van der Waals surface area (Å²) in [4.78, 5) is 16.3. The van der Waals surface area contributed by atoms with Gasteiger partial charge in [-0.25, -0.2) is 4.98 Å². The standard InChI is InChI=1S/C14H20N4O/c1-4-18-12-8-6-5-7-11(12)17-14(18)10(2)16-13(19)9-15-3/h5-8,10,15H,4,9H2,1-3H3,(H,16,19). The lowest BCUT2D eigenvalue weighted by molar-refractivity contribution is -0.120. The van der Waals surface area contributed by atoms with Gasteiger partial charge in [-0.05, 0) is 33.0 Å². The van der Waals surface area contributed by atoms with Crippen molar-refractivity contribution in [3.63, 3.8) is 0 Å². The number of carbonyl (C=O) groups excluding carboxylic acids is 1. The minimum absolute atomic E-state index is 0.0234. The van der Waals surface area contributed by atoms with E-state index < -0.39 is 0 Å². The van der Waals surface area contributed by atoms with Crippen molar-refractivity contribution in [3.8, 4) is 0 Å². The molecular formula is C14H20N4O. The molecule has 1 aromatic carbocycles. The first-order chi connectivity index (χ1) is 9.17. The molecule has 0 fully saturated rings. The molecule has 1 heterocycles. The summed E-state index contributed by atoms with van der Waals surface area (Å²) >= 11 is 0. The van der Waals surface area contributed by atoms with Gasteiger partial charge >= 0.3 is 0 Å². The Labute approximate surface area is 113 Å². The molecule has 1 aromatic heterocycles. The fraction of sp³-hybridized carbons (Fsp3) is 0.429. The zero-order valence-corrected chi connectivity index (χ0v) is 11.6. The summed E-state index contributed by atoms with van der Waals surface area (Å²) < 4.78 is 2.14. The summed E-state index contributed by atoms with van der Waals surface area (Å²) in [7, 11) is 1.76. The van der Waals surface area contributed by atoms with Crippen molar-refractivity contribution in [1.29, 1.82) is 0 Å².